The second kappa shape index (κ2) is 5.24. The number of nitrogens with zero attached hydrogens (tertiary/aromatic N) is 1. The fourth-order valence-electron chi connectivity index (χ4n) is 1.94. The fraction of sp³-hybridized carbons (Fsp3) is 0.667. The van der Waals surface area contributed by atoms with Crippen molar-refractivity contribution >= 4 is 22.5 Å². The molecule has 1 aliphatic rings. The summed E-state index contributed by atoms with van der Waals surface area (Å²) in [5.74, 6) is -0.311. The highest BCUT2D eigenvalue weighted by atomic mass is 32.1. The number of aromatic nitrogens is 1. The van der Waals surface area contributed by atoms with E-state index in [-0.39, 0.29) is 11.5 Å². The quantitative estimate of drug-likeness (QED) is 0.850. The van der Waals surface area contributed by atoms with Crippen LogP contribution in [0, 0.1) is 6.92 Å². The Morgan fingerprint density at radius 2 is 2.44 bits per heavy atom. The summed E-state index contributed by atoms with van der Waals surface area (Å²) in [7, 11) is 0. The molecular formula is C12H18N2O3S. The first-order valence-corrected chi connectivity index (χ1v) is 6.82. The molecule has 0 radical (unpaired) electrons. The van der Waals surface area contributed by atoms with Crippen molar-refractivity contribution in [2.75, 3.05) is 25.1 Å². The average Bonchev–Trinajstić information content (AvgIpc) is 2.87. The van der Waals surface area contributed by atoms with E-state index in [0.717, 1.165) is 18.0 Å². The maximum atomic E-state index is 11.9. The number of carbonyl (C=O) groups is 1. The lowest BCUT2D eigenvalue weighted by Crippen LogP contribution is -2.35. The van der Waals surface area contributed by atoms with E-state index in [9.17, 15) is 4.79 Å². The van der Waals surface area contributed by atoms with Gasteiger partial charge in [-0.1, -0.05) is 0 Å². The molecule has 1 N–H and O–H groups in total. The van der Waals surface area contributed by atoms with E-state index in [1.165, 1.54) is 11.5 Å². The summed E-state index contributed by atoms with van der Waals surface area (Å²) < 4.78 is 14.7. The number of esters is 1. The minimum absolute atomic E-state index is 0.125. The third kappa shape index (κ3) is 2.64. The standard InChI is InChI=1S/C12H18N2O3S/c1-4-17-11(15)9-8(2)14-18-10(9)13-12(3)5-6-16-7-12/h13H,4-7H2,1-3H3. The van der Waals surface area contributed by atoms with Gasteiger partial charge in [-0.15, -0.1) is 0 Å². The van der Waals surface area contributed by atoms with Crippen LogP contribution in [-0.2, 0) is 9.47 Å². The van der Waals surface area contributed by atoms with Crippen molar-refractivity contribution in [2.24, 2.45) is 0 Å². The predicted molar refractivity (Wildman–Crippen MR) is 70.3 cm³/mol. The smallest absolute Gasteiger partial charge is 0.343 e. The van der Waals surface area contributed by atoms with Crippen LogP contribution in [0.2, 0.25) is 0 Å². The van der Waals surface area contributed by atoms with Crippen molar-refractivity contribution in [1.82, 2.24) is 4.37 Å². The van der Waals surface area contributed by atoms with E-state index >= 15 is 0 Å². The summed E-state index contributed by atoms with van der Waals surface area (Å²) in [6.45, 7) is 7.47. The van der Waals surface area contributed by atoms with Gasteiger partial charge in [0.1, 0.15) is 10.6 Å². The highest BCUT2D eigenvalue weighted by Gasteiger charge is 2.32. The molecule has 1 atom stereocenters. The van der Waals surface area contributed by atoms with Gasteiger partial charge in [-0.25, -0.2) is 4.79 Å². The number of carbonyl (C=O) groups excluding carboxylic acids is 1. The zero-order valence-corrected chi connectivity index (χ0v) is 11.7. The van der Waals surface area contributed by atoms with Gasteiger partial charge in [-0.3, -0.25) is 0 Å². The zero-order chi connectivity index (χ0) is 13.2. The van der Waals surface area contributed by atoms with Crippen molar-refractivity contribution in [3.8, 4) is 0 Å². The third-order valence-corrected chi connectivity index (χ3v) is 3.83. The van der Waals surface area contributed by atoms with E-state index in [4.69, 9.17) is 9.47 Å². The van der Waals surface area contributed by atoms with Crippen molar-refractivity contribution < 1.29 is 14.3 Å². The second-order valence-corrected chi connectivity index (χ2v) is 5.45. The molecule has 0 spiro atoms. The number of rotatable bonds is 4. The minimum Gasteiger partial charge on any atom is -0.462 e. The van der Waals surface area contributed by atoms with Gasteiger partial charge in [-0.2, -0.15) is 4.37 Å². The maximum Gasteiger partial charge on any atom is 0.343 e. The predicted octanol–water partition coefficient (Wildman–Crippen LogP) is 2.22. The Balaban J connectivity index is 2.20. The average molecular weight is 270 g/mol. The van der Waals surface area contributed by atoms with Crippen LogP contribution in [0.3, 0.4) is 0 Å². The lowest BCUT2D eigenvalue weighted by atomic mass is 10.0. The van der Waals surface area contributed by atoms with E-state index in [1.54, 1.807) is 6.92 Å². The molecule has 1 aliphatic heterocycles. The Morgan fingerprint density at radius 3 is 3.06 bits per heavy atom. The normalized spacial score (nSPS) is 23.1. The Labute approximate surface area is 111 Å². The van der Waals surface area contributed by atoms with Crippen molar-refractivity contribution in [1.29, 1.82) is 0 Å². The van der Waals surface area contributed by atoms with Gasteiger partial charge < -0.3 is 14.8 Å². The highest BCUT2D eigenvalue weighted by Crippen LogP contribution is 2.31. The number of hydrogen-bond acceptors (Lipinski definition) is 6. The molecule has 1 unspecified atom stereocenters. The molecule has 1 aromatic heterocycles. The number of ether oxygens (including phenoxy) is 2. The number of anilines is 1. The molecule has 0 aromatic carbocycles. The zero-order valence-electron chi connectivity index (χ0n) is 10.9. The van der Waals surface area contributed by atoms with Crippen molar-refractivity contribution in [3.63, 3.8) is 0 Å². The van der Waals surface area contributed by atoms with Crippen LogP contribution < -0.4 is 5.32 Å². The lowest BCUT2D eigenvalue weighted by molar-refractivity contribution is 0.0527. The molecule has 1 saturated heterocycles. The van der Waals surface area contributed by atoms with Gasteiger partial charge in [0.05, 0.1) is 24.4 Å². The molecule has 5 nitrogen and oxygen atoms in total. The molecule has 100 valence electrons. The summed E-state index contributed by atoms with van der Waals surface area (Å²) in [6, 6.07) is 0. The van der Waals surface area contributed by atoms with Crippen LogP contribution in [0.4, 0.5) is 5.00 Å². The monoisotopic (exact) mass is 270 g/mol. The maximum absolute atomic E-state index is 11.9. The second-order valence-electron chi connectivity index (χ2n) is 4.68. The SMILES string of the molecule is CCOC(=O)c1c(C)nsc1NC1(C)CCOC1. The first-order chi connectivity index (χ1) is 8.56. The van der Waals surface area contributed by atoms with E-state index < -0.39 is 0 Å². The first kappa shape index (κ1) is 13.3. The van der Waals surface area contributed by atoms with E-state index in [0.29, 0.717) is 24.5 Å². The summed E-state index contributed by atoms with van der Waals surface area (Å²) in [5.41, 5.74) is 1.14. The van der Waals surface area contributed by atoms with Crippen LogP contribution in [0.15, 0.2) is 0 Å². The van der Waals surface area contributed by atoms with Gasteiger partial charge in [0.2, 0.25) is 0 Å². The van der Waals surface area contributed by atoms with Crippen LogP contribution in [0.5, 0.6) is 0 Å². The fourth-order valence-corrected chi connectivity index (χ4v) is 2.87. The highest BCUT2D eigenvalue weighted by molar-refractivity contribution is 7.10. The van der Waals surface area contributed by atoms with Gasteiger partial charge in [0, 0.05) is 6.61 Å². The first-order valence-electron chi connectivity index (χ1n) is 6.05. The minimum atomic E-state index is -0.311. The molecule has 0 aliphatic carbocycles. The van der Waals surface area contributed by atoms with Crippen LogP contribution >= 0.6 is 11.5 Å². The Bertz CT molecular complexity index is 439. The summed E-state index contributed by atoms with van der Waals surface area (Å²) in [4.78, 5) is 11.9. The number of aryl methyl sites for hydroxylation is 1. The van der Waals surface area contributed by atoms with Crippen LogP contribution in [-0.4, -0.2) is 35.7 Å². The third-order valence-electron chi connectivity index (χ3n) is 2.98. The molecule has 18 heavy (non-hydrogen) atoms. The van der Waals surface area contributed by atoms with Gasteiger partial charge in [0.25, 0.3) is 0 Å². The lowest BCUT2D eigenvalue weighted by Gasteiger charge is -2.24. The summed E-state index contributed by atoms with van der Waals surface area (Å²) in [6.07, 6.45) is 0.923. The summed E-state index contributed by atoms with van der Waals surface area (Å²) in [5, 5.41) is 4.15. The Hall–Kier alpha value is -1.14. The number of hydrogen-bond donors (Lipinski definition) is 1. The summed E-state index contributed by atoms with van der Waals surface area (Å²) >= 11 is 1.30. The molecule has 1 aromatic rings. The van der Waals surface area contributed by atoms with Gasteiger partial charge >= 0.3 is 5.97 Å². The molecule has 2 heterocycles. The van der Waals surface area contributed by atoms with Gasteiger partial charge in [0.15, 0.2) is 0 Å². The van der Waals surface area contributed by atoms with Crippen molar-refractivity contribution in [3.05, 3.63) is 11.3 Å². The topological polar surface area (TPSA) is 60.5 Å². The van der Waals surface area contributed by atoms with E-state index in [1.807, 2.05) is 6.92 Å². The van der Waals surface area contributed by atoms with Crippen LogP contribution in [0.25, 0.3) is 0 Å². The molecule has 6 heteroatoms. The molecular weight excluding hydrogens is 252 g/mol. The van der Waals surface area contributed by atoms with Crippen molar-refractivity contribution in [2.45, 2.75) is 32.7 Å². The molecule has 0 bridgehead atoms. The number of nitrogens with one attached hydrogen (secondary N) is 1. The largest absolute Gasteiger partial charge is 0.462 e. The Morgan fingerprint density at radius 1 is 1.67 bits per heavy atom. The Kier molecular flexibility index (Phi) is 3.87. The molecule has 0 saturated carbocycles. The molecule has 1 fully saturated rings. The molecule has 0 amide bonds. The van der Waals surface area contributed by atoms with Crippen LogP contribution in [0.1, 0.15) is 36.3 Å². The van der Waals surface area contributed by atoms with E-state index in [2.05, 4.69) is 16.6 Å². The molecule has 2 rings (SSSR count). The van der Waals surface area contributed by atoms with Gasteiger partial charge in [-0.05, 0) is 38.7 Å².